The number of rotatable bonds is 4. The zero-order chi connectivity index (χ0) is 21.9. The smallest absolute Gasteiger partial charge is 0.289 e. The molecule has 164 valence electrons. The van der Waals surface area contributed by atoms with Crippen LogP contribution in [0.3, 0.4) is 0 Å². The lowest BCUT2D eigenvalue weighted by Crippen LogP contribution is -2.78. The number of aromatic nitrogens is 1. The van der Waals surface area contributed by atoms with Crippen molar-refractivity contribution in [1.82, 2.24) is 4.98 Å². The number of benzene rings is 2. The first kappa shape index (κ1) is 19.8. The second-order valence-corrected chi connectivity index (χ2v) is 9.68. The number of phenolic OH excluding ortho intramolecular Hbond substituents is 1. The Morgan fingerprint density at radius 1 is 1.22 bits per heavy atom. The number of aliphatic hydroxyl groups is 1. The maximum atomic E-state index is 11.6. The fourth-order valence-corrected chi connectivity index (χ4v) is 6.64. The minimum atomic E-state index is -0.247. The predicted octanol–water partition coefficient (Wildman–Crippen LogP) is 5.33. The van der Waals surface area contributed by atoms with Gasteiger partial charge in [-0.3, -0.25) is 9.47 Å². The fraction of sp³-hybridized carbons (Fsp3) is 0.370. The van der Waals surface area contributed by atoms with Crippen molar-refractivity contribution in [2.24, 2.45) is 5.92 Å². The molecule has 6 heterocycles. The van der Waals surface area contributed by atoms with E-state index in [2.05, 4.69) is 11.9 Å². The Labute approximate surface area is 188 Å². The number of nitrogens with zero attached hydrogens (tertiary/aromatic N) is 2. The average molecular weight is 430 g/mol. The van der Waals surface area contributed by atoms with Crippen molar-refractivity contribution >= 4 is 17.0 Å². The number of morpholine rings is 1. The zero-order valence-electron chi connectivity index (χ0n) is 18.3. The molecule has 2 aromatic carbocycles. The summed E-state index contributed by atoms with van der Waals surface area (Å²) in [4.78, 5) is 4.50. The molecule has 32 heavy (non-hydrogen) atoms. The van der Waals surface area contributed by atoms with Crippen molar-refractivity contribution in [1.29, 1.82) is 0 Å². The van der Waals surface area contributed by atoms with Gasteiger partial charge in [-0.05, 0) is 41.8 Å². The number of hydrogen-bond acceptors (Lipinski definition) is 4. The van der Waals surface area contributed by atoms with Crippen LogP contribution in [-0.4, -0.2) is 44.4 Å². The Balaban J connectivity index is 1.50. The Kier molecular flexibility index (Phi) is 4.36. The van der Waals surface area contributed by atoms with Crippen molar-refractivity contribution < 1.29 is 19.4 Å². The van der Waals surface area contributed by atoms with Gasteiger partial charge in [0.25, 0.3) is 5.88 Å². The van der Waals surface area contributed by atoms with Gasteiger partial charge in [-0.1, -0.05) is 37.3 Å². The molecule has 5 fully saturated rings. The van der Waals surface area contributed by atoms with Gasteiger partial charge in [-0.25, -0.2) is 0 Å². The van der Waals surface area contributed by atoms with E-state index in [1.54, 1.807) is 12.1 Å². The summed E-state index contributed by atoms with van der Waals surface area (Å²) in [6.45, 7) is 3.96. The van der Waals surface area contributed by atoms with Gasteiger partial charge in [-0.15, -0.1) is 0 Å². The van der Waals surface area contributed by atoms with Gasteiger partial charge in [0.1, 0.15) is 30.0 Å². The van der Waals surface area contributed by atoms with Crippen molar-refractivity contribution in [2.75, 3.05) is 13.1 Å². The second kappa shape index (κ2) is 7.06. The molecule has 5 heteroatoms. The largest absolute Gasteiger partial charge is 0.508 e. The van der Waals surface area contributed by atoms with E-state index in [1.807, 2.05) is 54.7 Å². The van der Waals surface area contributed by atoms with Crippen molar-refractivity contribution in [3.8, 4) is 5.75 Å². The third-order valence-corrected chi connectivity index (χ3v) is 8.26. The summed E-state index contributed by atoms with van der Waals surface area (Å²) >= 11 is 0. The van der Waals surface area contributed by atoms with Crippen LogP contribution in [-0.2, 0) is 4.74 Å². The molecule has 5 unspecified atom stereocenters. The maximum absolute atomic E-state index is 11.6. The first-order valence-electron chi connectivity index (χ1n) is 11.6. The van der Waals surface area contributed by atoms with Crippen LogP contribution < -0.4 is 0 Å². The van der Waals surface area contributed by atoms with Crippen LogP contribution in [0.5, 0.6) is 5.75 Å². The molecule has 3 aromatic rings. The number of hydrogen-bond donors (Lipinski definition) is 2. The summed E-state index contributed by atoms with van der Waals surface area (Å²) in [5.41, 5.74) is 2.68. The van der Waals surface area contributed by atoms with Gasteiger partial charge >= 0.3 is 0 Å². The quantitative estimate of drug-likeness (QED) is 0.435. The lowest BCUT2D eigenvalue weighted by molar-refractivity contribution is -0.968. The molecule has 0 amide bonds. The Morgan fingerprint density at radius 3 is 2.88 bits per heavy atom. The molecule has 0 saturated carbocycles. The summed E-state index contributed by atoms with van der Waals surface area (Å²) < 4.78 is 7.53. The molecule has 0 aliphatic carbocycles. The molecule has 1 aromatic heterocycles. The highest BCUT2D eigenvalue weighted by Crippen LogP contribution is 2.59. The summed E-state index contributed by atoms with van der Waals surface area (Å²) in [7, 11) is 0. The topological polar surface area (TPSA) is 62.6 Å². The molecule has 8 rings (SSSR count). The van der Waals surface area contributed by atoms with Gasteiger partial charge < -0.3 is 14.9 Å². The number of piperidine rings is 3. The van der Waals surface area contributed by atoms with Gasteiger partial charge in [0.15, 0.2) is 0 Å². The van der Waals surface area contributed by atoms with Crippen LogP contribution in [0.1, 0.15) is 43.4 Å². The third-order valence-electron chi connectivity index (χ3n) is 8.26. The summed E-state index contributed by atoms with van der Waals surface area (Å²) in [6, 6.07) is 17.6. The third kappa shape index (κ3) is 2.74. The molecule has 0 spiro atoms. The maximum Gasteiger partial charge on any atom is 0.289 e. The van der Waals surface area contributed by atoms with Crippen molar-refractivity contribution in [2.45, 2.75) is 43.9 Å². The van der Waals surface area contributed by atoms with Crippen LogP contribution in [0.25, 0.3) is 17.0 Å². The lowest BCUT2D eigenvalue weighted by Gasteiger charge is -2.66. The fourth-order valence-electron chi connectivity index (χ4n) is 6.64. The Morgan fingerprint density at radius 2 is 2.06 bits per heavy atom. The van der Waals surface area contributed by atoms with Crippen LogP contribution in [0, 0.1) is 5.92 Å². The summed E-state index contributed by atoms with van der Waals surface area (Å²) in [5, 5.41) is 22.7. The average Bonchev–Trinajstić information content (AvgIpc) is 2.84. The lowest BCUT2D eigenvalue weighted by atomic mass is 9.64. The SMILES string of the molecule is CCC12C[N+]3(/C(O)=C/c4ccccc4)CCC1CC3C(c1ccnc3ccc(O)cc13)O2. The molecular formula is C27H29N2O3+. The first-order valence-corrected chi connectivity index (χ1v) is 11.6. The van der Waals surface area contributed by atoms with E-state index >= 15 is 0 Å². The van der Waals surface area contributed by atoms with Crippen LogP contribution >= 0.6 is 0 Å². The number of quaternary nitrogens is 1. The van der Waals surface area contributed by atoms with Crippen LogP contribution in [0.15, 0.2) is 66.7 Å². The second-order valence-electron chi connectivity index (χ2n) is 9.68. The molecule has 5 aliphatic heterocycles. The summed E-state index contributed by atoms with van der Waals surface area (Å²) in [6.07, 6.45) is 6.65. The Bertz CT molecular complexity index is 1210. The molecule has 5 nitrogen and oxygen atoms in total. The van der Waals surface area contributed by atoms with E-state index in [9.17, 15) is 10.2 Å². The van der Waals surface area contributed by atoms with E-state index in [0.29, 0.717) is 16.3 Å². The molecule has 2 N–H and O–H groups in total. The highest BCUT2D eigenvalue weighted by Gasteiger charge is 2.68. The van der Waals surface area contributed by atoms with Gasteiger partial charge in [-0.2, -0.15) is 0 Å². The molecular weight excluding hydrogens is 400 g/mol. The predicted molar refractivity (Wildman–Crippen MR) is 124 cm³/mol. The molecule has 0 radical (unpaired) electrons. The van der Waals surface area contributed by atoms with Gasteiger partial charge in [0, 0.05) is 36.4 Å². The van der Waals surface area contributed by atoms with E-state index in [4.69, 9.17) is 4.74 Å². The van der Waals surface area contributed by atoms with Crippen molar-refractivity contribution in [3.05, 3.63) is 77.8 Å². The number of pyridine rings is 1. The number of aliphatic hydroxyl groups excluding tert-OH is 1. The van der Waals surface area contributed by atoms with E-state index in [1.165, 1.54) is 0 Å². The zero-order valence-corrected chi connectivity index (χ0v) is 18.3. The molecule has 4 bridgehead atoms. The van der Waals surface area contributed by atoms with E-state index < -0.39 is 0 Å². The number of fused-ring (bicyclic) bond motifs is 3. The molecule has 5 atom stereocenters. The van der Waals surface area contributed by atoms with Crippen molar-refractivity contribution in [3.63, 3.8) is 0 Å². The number of phenols is 1. The van der Waals surface area contributed by atoms with E-state index in [0.717, 1.165) is 54.4 Å². The Hall–Kier alpha value is -2.89. The van der Waals surface area contributed by atoms with Crippen LogP contribution in [0.2, 0.25) is 0 Å². The van der Waals surface area contributed by atoms with Gasteiger partial charge in [0.2, 0.25) is 0 Å². The normalized spacial score (nSPS) is 33.7. The molecule has 5 saturated heterocycles. The van der Waals surface area contributed by atoms with Gasteiger partial charge in [0.05, 0.1) is 12.1 Å². The summed E-state index contributed by atoms with van der Waals surface area (Å²) in [5.74, 6) is 1.20. The minimum absolute atomic E-state index is 0.134. The monoisotopic (exact) mass is 429 g/mol. The van der Waals surface area contributed by atoms with E-state index in [-0.39, 0.29) is 23.5 Å². The van der Waals surface area contributed by atoms with Crippen LogP contribution in [0.4, 0.5) is 0 Å². The molecule has 5 aliphatic rings. The number of aromatic hydroxyl groups is 1. The highest BCUT2D eigenvalue weighted by molar-refractivity contribution is 5.83. The first-order chi connectivity index (χ1) is 15.5. The number of ether oxygens (including phenoxy) is 1. The standard InChI is InChI=1S/C27H28N2O3/c1-2-27-17-29(25(31)14-18-6-4-3-5-7-18)13-11-19(27)15-24(29)26(32-27)21-10-12-28-23-9-8-20(30)16-22(21)23/h3-10,12,14,16,19,24,26H,2,11,13,15,17H2,1H3,(H-,30,31)/p+1/b25-14-. The minimum Gasteiger partial charge on any atom is -0.508 e. The highest BCUT2D eigenvalue weighted by atomic mass is 16.5.